The summed E-state index contributed by atoms with van der Waals surface area (Å²) in [7, 11) is 1.31. The van der Waals surface area contributed by atoms with Crippen LogP contribution < -0.4 is 10.6 Å². The van der Waals surface area contributed by atoms with Crippen molar-refractivity contribution in [2.24, 2.45) is 0 Å². The predicted molar refractivity (Wildman–Crippen MR) is 135 cm³/mol. The first-order chi connectivity index (χ1) is 17.4. The Kier molecular flexibility index (Phi) is 7.29. The van der Waals surface area contributed by atoms with Gasteiger partial charge < -0.3 is 20.5 Å². The number of aromatic nitrogens is 2. The van der Waals surface area contributed by atoms with Gasteiger partial charge in [0.2, 0.25) is 0 Å². The molecule has 0 aliphatic heterocycles. The Morgan fingerprint density at radius 1 is 1.06 bits per heavy atom. The van der Waals surface area contributed by atoms with Crippen LogP contribution in [0.4, 0.5) is 5.82 Å². The summed E-state index contributed by atoms with van der Waals surface area (Å²) in [6.45, 7) is 1.91. The van der Waals surface area contributed by atoms with Crippen LogP contribution in [-0.4, -0.2) is 52.0 Å². The first-order valence-corrected chi connectivity index (χ1v) is 11.3. The van der Waals surface area contributed by atoms with Gasteiger partial charge in [-0.2, -0.15) is 0 Å². The van der Waals surface area contributed by atoms with Crippen LogP contribution in [0.5, 0.6) is 0 Å². The van der Waals surface area contributed by atoms with E-state index in [2.05, 4.69) is 10.6 Å². The number of esters is 1. The molecule has 1 atom stereocenters. The average Bonchev–Trinajstić information content (AvgIpc) is 3.25. The zero-order valence-electron chi connectivity index (χ0n) is 19.9. The fourth-order valence-corrected chi connectivity index (χ4v) is 3.87. The number of hydrogen-bond acceptors (Lipinski definition) is 6. The topological polar surface area (TPSA) is 122 Å². The van der Waals surface area contributed by atoms with Crippen LogP contribution in [0.15, 0.2) is 72.9 Å². The van der Waals surface area contributed by atoms with Gasteiger partial charge in [-0.15, -0.1) is 0 Å². The van der Waals surface area contributed by atoms with Gasteiger partial charge in [0.25, 0.3) is 5.91 Å². The number of aliphatic carboxylic acids is 1. The molecule has 3 N–H and O–H groups in total. The van der Waals surface area contributed by atoms with E-state index in [4.69, 9.17) is 9.72 Å². The number of pyridine rings is 1. The normalized spacial score (nSPS) is 11.6. The van der Waals surface area contributed by atoms with Crippen LogP contribution in [0.1, 0.15) is 21.5 Å². The van der Waals surface area contributed by atoms with Gasteiger partial charge in [0.15, 0.2) is 0 Å². The number of carbonyl (C=O) groups excluding carboxylic acids is 2. The number of rotatable bonds is 9. The van der Waals surface area contributed by atoms with Gasteiger partial charge in [-0.3, -0.25) is 14.0 Å². The number of imidazole rings is 1. The minimum Gasteiger partial charge on any atom is -0.480 e. The number of fused-ring (bicyclic) bond motifs is 1. The molecule has 2 aromatic heterocycles. The molecule has 0 radical (unpaired) electrons. The number of methoxy groups -OCH3 is 1. The minimum absolute atomic E-state index is 0.0644. The van der Waals surface area contributed by atoms with Crippen molar-refractivity contribution in [3.63, 3.8) is 0 Å². The molecule has 2 aromatic carbocycles. The van der Waals surface area contributed by atoms with Crippen LogP contribution in [0.2, 0.25) is 0 Å². The van der Waals surface area contributed by atoms with E-state index in [-0.39, 0.29) is 18.5 Å². The molecule has 0 spiro atoms. The van der Waals surface area contributed by atoms with Crippen LogP contribution in [0.3, 0.4) is 0 Å². The van der Waals surface area contributed by atoms with E-state index in [9.17, 15) is 19.5 Å². The van der Waals surface area contributed by atoms with Crippen molar-refractivity contribution in [2.45, 2.75) is 19.4 Å². The van der Waals surface area contributed by atoms with Crippen LogP contribution in [0, 0.1) is 6.92 Å². The molecule has 0 saturated heterocycles. The van der Waals surface area contributed by atoms with E-state index >= 15 is 0 Å². The number of nitrogens with zero attached hydrogens (tertiary/aromatic N) is 2. The van der Waals surface area contributed by atoms with Gasteiger partial charge in [-0.1, -0.05) is 54.1 Å². The second-order valence-electron chi connectivity index (χ2n) is 8.31. The summed E-state index contributed by atoms with van der Waals surface area (Å²) in [5, 5.41) is 15.3. The minimum atomic E-state index is -1.12. The Hall–Kier alpha value is -4.66. The van der Waals surface area contributed by atoms with E-state index in [0.717, 1.165) is 16.7 Å². The molecule has 9 nitrogen and oxygen atoms in total. The molecule has 184 valence electrons. The first kappa shape index (κ1) is 24.5. The highest BCUT2D eigenvalue weighted by Gasteiger charge is 2.22. The summed E-state index contributed by atoms with van der Waals surface area (Å²) >= 11 is 0. The SMILES string of the molecule is COC(=O)CNc1c(-c2cccc(C)c2)nc2cc(C(=O)NC(Cc3ccccc3)C(=O)O)ccn12. The van der Waals surface area contributed by atoms with Crippen molar-refractivity contribution in [2.75, 3.05) is 19.0 Å². The summed E-state index contributed by atoms with van der Waals surface area (Å²) in [5.41, 5.74) is 4.02. The molecule has 0 aliphatic rings. The van der Waals surface area contributed by atoms with E-state index in [1.807, 2.05) is 61.5 Å². The zero-order valence-corrected chi connectivity index (χ0v) is 19.9. The van der Waals surface area contributed by atoms with Crippen molar-refractivity contribution >= 4 is 29.3 Å². The molecule has 9 heteroatoms. The number of nitrogens with one attached hydrogen (secondary N) is 2. The number of carbonyl (C=O) groups is 3. The van der Waals surface area contributed by atoms with E-state index in [1.165, 1.54) is 7.11 Å². The highest BCUT2D eigenvalue weighted by Crippen LogP contribution is 2.29. The van der Waals surface area contributed by atoms with E-state index < -0.39 is 23.9 Å². The number of amides is 1. The number of hydrogen-bond donors (Lipinski definition) is 3. The molecule has 36 heavy (non-hydrogen) atoms. The lowest BCUT2D eigenvalue weighted by Gasteiger charge is -2.15. The number of carboxylic acids is 1. The highest BCUT2D eigenvalue weighted by molar-refractivity contribution is 5.97. The van der Waals surface area contributed by atoms with Gasteiger partial charge in [-0.25, -0.2) is 9.78 Å². The summed E-state index contributed by atoms with van der Waals surface area (Å²) < 4.78 is 6.47. The molecular weight excluding hydrogens is 460 g/mol. The molecule has 4 rings (SSSR count). The maximum atomic E-state index is 13.0. The first-order valence-electron chi connectivity index (χ1n) is 11.3. The molecule has 0 bridgehead atoms. The van der Waals surface area contributed by atoms with Crippen molar-refractivity contribution in [3.05, 3.63) is 89.6 Å². The number of ether oxygens (including phenoxy) is 1. The van der Waals surface area contributed by atoms with Crippen molar-refractivity contribution in [1.29, 1.82) is 0 Å². The standard InChI is InChI=1S/C27H26N4O5/c1-17-7-6-10-19(13-17)24-25(28-16-23(32)36-2)31-12-11-20(15-22(31)30-24)26(33)29-21(27(34)35)14-18-8-4-3-5-9-18/h3-13,15,21,28H,14,16H2,1-2H3,(H,29,33)(H,34,35). The Balaban J connectivity index is 1.65. The monoisotopic (exact) mass is 486 g/mol. The fraction of sp³-hybridized carbons (Fsp3) is 0.185. The summed E-state index contributed by atoms with van der Waals surface area (Å²) in [6.07, 6.45) is 1.82. The van der Waals surface area contributed by atoms with Gasteiger partial charge in [0.05, 0.1) is 7.11 Å². The largest absolute Gasteiger partial charge is 0.480 e. The second-order valence-corrected chi connectivity index (χ2v) is 8.31. The Morgan fingerprint density at radius 2 is 1.83 bits per heavy atom. The highest BCUT2D eigenvalue weighted by atomic mass is 16.5. The summed E-state index contributed by atoms with van der Waals surface area (Å²) in [5.74, 6) is -1.51. The third-order valence-corrected chi connectivity index (χ3v) is 5.69. The van der Waals surface area contributed by atoms with Crippen LogP contribution in [-0.2, 0) is 20.7 Å². The van der Waals surface area contributed by atoms with Crippen LogP contribution >= 0.6 is 0 Å². The third kappa shape index (κ3) is 5.52. The summed E-state index contributed by atoms with van der Waals surface area (Å²) in [4.78, 5) is 41.2. The fourth-order valence-electron chi connectivity index (χ4n) is 3.87. The number of aryl methyl sites for hydroxylation is 1. The molecule has 0 fully saturated rings. The van der Waals surface area contributed by atoms with Crippen molar-refractivity contribution in [3.8, 4) is 11.3 Å². The molecule has 1 unspecified atom stereocenters. The lowest BCUT2D eigenvalue weighted by atomic mass is 10.1. The van der Waals surface area contributed by atoms with E-state index in [0.29, 0.717) is 17.2 Å². The van der Waals surface area contributed by atoms with Gasteiger partial charge in [-0.05, 0) is 30.7 Å². The molecular formula is C27H26N4O5. The molecule has 1 amide bonds. The Morgan fingerprint density at radius 3 is 2.53 bits per heavy atom. The lowest BCUT2D eigenvalue weighted by Crippen LogP contribution is -2.42. The molecule has 4 aromatic rings. The zero-order chi connectivity index (χ0) is 25.7. The van der Waals surface area contributed by atoms with Crippen molar-refractivity contribution < 1.29 is 24.2 Å². The second kappa shape index (κ2) is 10.7. The Labute approximate surface area is 207 Å². The molecule has 0 aliphatic carbocycles. The molecule has 0 saturated carbocycles. The Bertz CT molecular complexity index is 1410. The molecule has 2 heterocycles. The quantitative estimate of drug-likeness (QED) is 0.310. The maximum Gasteiger partial charge on any atom is 0.326 e. The lowest BCUT2D eigenvalue weighted by molar-refractivity contribution is -0.139. The smallest absolute Gasteiger partial charge is 0.326 e. The average molecular weight is 487 g/mol. The number of carboxylic acid groups (broad SMARTS) is 1. The number of anilines is 1. The predicted octanol–water partition coefficient (Wildman–Crippen LogP) is 3.32. The maximum absolute atomic E-state index is 13.0. The van der Waals surface area contributed by atoms with Gasteiger partial charge >= 0.3 is 11.9 Å². The van der Waals surface area contributed by atoms with E-state index in [1.54, 1.807) is 22.7 Å². The van der Waals surface area contributed by atoms with Gasteiger partial charge in [0, 0.05) is 23.7 Å². The number of benzene rings is 2. The summed E-state index contributed by atoms with van der Waals surface area (Å²) in [6, 6.07) is 18.9. The third-order valence-electron chi connectivity index (χ3n) is 5.69. The van der Waals surface area contributed by atoms with Crippen molar-refractivity contribution in [1.82, 2.24) is 14.7 Å². The van der Waals surface area contributed by atoms with Crippen LogP contribution in [0.25, 0.3) is 16.9 Å². The van der Waals surface area contributed by atoms with Gasteiger partial charge in [0.1, 0.15) is 29.7 Å².